The van der Waals surface area contributed by atoms with Crippen LogP contribution in [-0.2, 0) is 6.42 Å². The number of nitrogens with zero attached hydrogens (tertiary/aromatic N) is 1. The van der Waals surface area contributed by atoms with Gasteiger partial charge in [-0.3, -0.25) is 0 Å². The summed E-state index contributed by atoms with van der Waals surface area (Å²) in [4.78, 5) is 4.65. The zero-order chi connectivity index (χ0) is 13.7. The minimum absolute atomic E-state index is 0.374. The number of anilines is 1. The maximum absolute atomic E-state index is 5.53. The molecule has 0 atom stereocenters. The van der Waals surface area contributed by atoms with Gasteiger partial charge in [0.1, 0.15) is 10.8 Å². The maximum Gasteiger partial charge on any atom is 0.125 e. The van der Waals surface area contributed by atoms with Gasteiger partial charge in [0, 0.05) is 18.3 Å². The van der Waals surface area contributed by atoms with Crippen molar-refractivity contribution >= 4 is 23.0 Å². The zero-order valence-corrected chi connectivity index (χ0v) is 11.7. The third kappa shape index (κ3) is 3.76. The SMILES string of the molecule is Cc1ccccc1CCNc1ccc(C(N)=S)cn1. The van der Waals surface area contributed by atoms with Crippen molar-refractivity contribution in [1.29, 1.82) is 0 Å². The fraction of sp³-hybridized carbons (Fsp3) is 0.200. The van der Waals surface area contributed by atoms with Crippen molar-refractivity contribution < 1.29 is 0 Å². The van der Waals surface area contributed by atoms with Crippen molar-refractivity contribution in [2.45, 2.75) is 13.3 Å². The van der Waals surface area contributed by atoms with Crippen LogP contribution in [0.25, 0.3) is 0 Å². The minimum atomic E-state index is 0.374. The molecule has 98 valence electrons. The summed E-state index contributed by atoms with van der Waals surface area (Å²) in [6.45, 7) is 2.98. The van der Waals surface area contributed by atoms with Crippen molar-refractivity contribution in [3.05, 3.63) is 59.3 Å². The van der Waals surface area contributed by atoms with Gasteiger partial charge in [0.25, 0.3) is 0 Å². The van der Waals surface area contributed by atoms with Crippen LogP contribution in [0.4, 0.5) is 5.82 Å². The average molecular weight is 271 g/mol. The first-order valence-corrected chi connectivity index (χ1v) is 6.62. The molecule has 1 aromatic carbocycles. The monoisotopic (exact) mass is 271 g/mol. The van der Waals surface area contributed by atoms with Crippen molar-refractivity contribution in [2.24, 2.45) is 5.73 Å². The highest BCUT2D eigenvalue weighted by molar-refractivity contribution is 7.80. The lowest BCUT2D eigenvalue weighted by molar-refractivity contribution is 0.993. The van der Waals surface area contributed by atoms with Gasteiger partial charge < -0.3 is 11.1 Å². The summed E-state index contributed by atoms with van der Waals surface area (Å²) >= 11 is 4.89. The predicted octanol–water partition coefficient (Wildman–Crippen LogP) is 2.68. The Balaban J connectivity index is 1.89. The van der Waals surface area contributed by atoms with Crippen molar-refractivity contribution in [1.82, 2.24) is 4.98 Å². The standard InChI is InChI=1S/C15H17N3S/c1-11-4-2-3-5-12(11)8-9-17-14-7-6-13(10-18-14)15(16)19/h2-7,10H,8-9H2,1H3,(H2,16,19)(H,17,18). The average Bonchev–Trinajstić information content (AvgIpc) is 2.41. The Hall–Kier alpha value is -1.94. The third-order valence-corrected chi connectivity index (χ3v) is 3.25. The second kappa shape index (κ2) is 6.29. The summed E-state index contributed by atoms with van der Waals surface area (Å²) in [5.74, 6) is 0.841. The Kier molecular flexibility index (Phi) is 4.47. The lowest BCUT2D eigenvalue weighted by Gasteiger charge is -2.08. The van der Waals surface area contributed by atoms with Gasteiger partial charge in [-0.05, 0) is 36.6 Å². The fourth-order valence-corrected chi connectivity index (χ4v) is 1.98. The van der Waals surface area contributed by atoms with E-state index in [1.54, 1.807) is 6.20 Å². The molecule has 0 amide bonds. The number of nitrogens with two attached hydrogens (primary N) is 1. The van der Waals surface area contributed by atoms with Gasteiger partial charge in [-0.15, -0.1) is 0 Å². The highest BCUT2D eigenvalue weighted by Crippen LogP contribution is 2.09. The second-order valence-corrected chi connectivity index (χ2v) is 4.84. The summed E-state index contributed by atoms with van der Waals surface area (Å²) in [6, 6.07) is 12.2. The highest BCUT2D eigenvalue weighted by Gasteiger charge is 1.99. The molecule has 0 unspecified atom stereocenters. The summed E-state index contributed by atoms with van der Waals surface area (Å²) in [7, 11) is 0. The van der Waals surface area contributed by atoms with Gasteiger partial charge >= 0.3 is 0 Å². The number of aryl methyl sites for hydroxylation is 1. The first-order chi connectivity index (χ1) is 9.16. The quantitative estimate of drug-likeness (QED) is 0.821. The third-order valence-electron chi connectivity index (χ3n) is 3.01. The number of aromatic nitrogens is 1. The summed E-state index contributed by atoms with van der Waals surface area (Å²) in [5.41, 5.74) is 9.00. The number of hydrogen-bond acceptors (Lipinski definition) is 3. The Morgan fingerprint density at radius 3 is 2.68 bits per heavy atom. The van der Waals surface area contributed by atoms with E-state index in [4.69, 9.17) is 18.0 Å². The minimum Gasteiger partial charge on any atom is -0.389 e. The molecule has 0 fully saturated rings. The van der Waals surface area contributed by atoms with E-state index in [1.807, 2.05) is 12.1 Å². The van der Waals surface area contributed by atoms with E-state index in [1.165, 1.54) is 11.1 Å². The van der Waals surface area contributed by atoms with Gasteiger partial charge in [-0.25, -0.2) is 4.98 Å². The smallest absolute Gasteiger partial charge is 0.125 e. The van der Waals surface area contributed by atoms with Gasteiger partial charge in [0.2, 0.25) is 0 Å². The zero-order valence-electron chi connectivity index (χ0n) is 10.9. The molecule has 0 radical (unpaired) electrons. The molecule has 3 nitrogen and oxygen atoms in total. The van der Waals surface area contributed by atoms with Crippen LogP contribution in [0.3, 0.4) is 0 Å². The van der Waals surface area contributed by atoms with Gasteiger partial charge in [-0.2, -0.15) is 0 Å². The first kappa shape index (κ1) is 13.5. The van der Waals surface area contributed by atoms with E-state index >= 15 is 0 Å². The van der Waals surface area contributed by atoms with E-state index in [9.17, 15) is 0 Å². The molecule has 1 aromatic heterocycles. The number of thiocarbonyl (C=S) groups is 1. The molecule has 0 saturated heterocycles. The van der Waals surface area contributed by atoms with Crippen LogP contribution < -0.4 is 11.1 Å². The number of pyridine rings is 1. The number of nitrogens with one attached hydrogen (secondary N) is 1. The van der Waals surface area contributed by atoms with Crippen LogP contribution in [0, 0.1) is 6.92 Å². The molecule has 4 heteroatoms. The first-order valence-electron chi connectivity index (χ1n) is 6.21. The number of rotatable bonds is 5. The molecule has 0 aliphatic rings. The number of hydrogen-bond donors (Lipinski definition) is 2. The molecular weight excluding hydrogens is 254 g/mol. The topological polar surface area (TPSA) is 50.9 Å². The van der Waals surface area contributed by atoms with Gasteiger partial charge in [0.05, 0.1) is 0 Å². The normalized spacial score (nSPS) is 10.2. The largest absolute Gasteiger partial charge is 0.389 e. The molecule has 0 aliphatic carbocycles. The van der Waals surface area contributed by atoms with E-state index in [0.29, 0.717) is 4.99 Å². The highest BCUT2D eigenvalue weighted by atomic mass is 32.1. The Morgan fingerprint density at radius 2 is 2.05 bits per heavy atom. The molecular formula is C15H17N3S. The van der Waals surface area contributed by atoms with E-state index < -0.39 is 0 Å². The van der Waals surface area contributed by atoms with E-state index in [2.05, 4.69) is 41.5 Å². The summed E-state index contributed by atoms with van der Waals surface area (Å²) < 4.78 is 0. The summed E-state index contributed by atoms with van der Waals surface area (Å²) in [6.07, 6.45) is 2.67. The van der Waals surface area contributed by atoms with Gasteiger partial charge in [0.15, 0.2) is 0 Å². The Bertz CT molecular complexity index is 564. The molecule has 0 saturated carbocycles. The van der Waals surface area contributed by atoms with E-state index in [0.717, 1.165) is 24.3 Å². The fourth-order valence-electron chi connectivity index (χ4n) is 1.86. The van der Waals surface area contributed by atoms with Crippen LogP contribution in [0.15, 0.2) is 42.6 Å². The van der Waals surface area contributed by atoms with Crippen molar-refractivity contribution in [3.8, 4) is 0 Å². The molecule has 0 aliphatic heterocycles. The molecule has 1 heterocycles. The van der Waals surface area contributed by atoms with Crippen LogP contribution in [-0.4, -0.2) is 16.5 Å². The Labute approximate surface area is 118 Å². The van der Waals surface area contributed by atoms with Crippen LogP contribution in [0.5, 0.6) is 0 Å². The van der Waals surface area contributed by atoms with Gasteiger partial charge in [-0.1, -0.05) is 36.5 Å². The molecule has 2 aromatic rings. The molecule has 0 spiro atoms. The molecule has 3 N–H and O–H groups in total. The van der Waals surface area contributed by atoms with Crippen molar-refractivity contribution in [2.75, 3.05) is 11.9 Å². The maximum atomic E-state index is 5.53. The molecule has 0 bridgehead atoms. The van der Waals surface area contributed by atoms with E-state index in [-0.39, 0.29) is 0 Å². The predicted molar refractivity (Wildman–Crippen MR) is 83.5 cm³/mol. The lowest BCUT2D eigenvalue weighted by atomic mass is 10.1. The molecule has 2 rings (SSSR count). The second-order valence-electron chi connectivity index (χ2n) is 4.40. The van der Waals surface area contributed by atoms with Crippen LogP contribution >= 0.6 is 12.2 Å². The van der Waals surface area contributed by atoms with Crippen LogP contribution in [0.1, 0.15) is 16.7 Å². The number of benzene rings is 1. The Morgan fingerprint density at radius 1 is 1.26 bits per heavy atom. The lowest BCUT2D eigenvalue weighted by Crippen LogP contribution is -2.11. The summed E-state index contributed by atoms with van der Waals surface area (Å²) in [5, 5.41) is 3.29. The van der Waals surface area contributed by atoms with Crippen molar-refractivity contribution in [3.63, 3.8) is 0 Å². The molecule has 19 heavy (non-hydrogen) atoms. The van der Waals surface area contributed by atoms with Crippen LogP contribution in [0.2, 0.25) is 0 Å².